The first-order chi connectivity index (χ1) is 17.3. The molecule has 0 radical (unpaired) electrons. The Balaban J connectivity index is 1.28. The number of ether oxygens (including phenoxy) is 1. The van der Waals surface area contributed by atoms with Crippen LogP contribution in [0.2, 0.25) is 0 Å². The van der Waals surface area contributed by atoms with Gasteiger partial charge in [-0.3, -0.25) is 4.79 Å². The average molecular weight is 517 g/mol. The Bertz CT molecular complexity index is 1200. The van der Waals surface area contributed by atoms with Gasteiger partial charge in [0.25, 0.3) is 10.0 Å². The quantitative estimate of drug-likeness (QED) is 0.311. The number of benzene rings is 3. The van der Waals surface area contributed by atoms with Crippen LogP contribution < -0.4 is 14.8 Å². The van der Waals surface area contributed by atoms with Gasteiger partial charge in [-0.15, -0.1) is 0 Å². The molecule has 6 nitrogen and oxygen atoms in total. The van der Waals surface area contributed by atoms with Gasteiger partial charge in [0.05, 0.1) is 6.61 Å². The van der Waals surface area contributed by atoms with Crippen LogP contribution >= 0.6 is 0 Å². The highest BCUT2D eigenvalue weighted by molar-refractivity contribution is 7.90. The SMILES string of the molecule is O=C(CCNCCCc1ccc(OCCCc2ccccc2)cc1)NS(=O)(=O)c1c(F)cccc1F. The van der Waals surface area contributed by atoms with Crippen molar-refractivity contribution in [2.75, 3.05) is 19.7 Å². The molecule has 0 saturated heterocycles. The third-order valence-electron chi connectivity index (χ3n) is 5.43. The van der Waals surface area contributed by atoms with Crippen LogP contribution in [0, 0.1) is 11.6 Å². The maximum absolute atomic E-state index is 13.7. The van der Waals surface area contributed by atoms with Crippen molar-refractivity contribution in [2.45, 2.75) is 37.0 Å². The van der Waals surface area contributed by atoms with Crippen molar-refractivity contribution in [2.24, 2.45) is 0 Å². The van der Waals surface area contributed by atoms with Gasteiger partial charge in [0.15, 0.2) is 4.90 Å². The van der Waals surface area contributed by atoms with Crippen LogP contribution in [0.25, 0.3) is 0 Å². The lowest BCUT2D eigenvalue weighted by Crippen LogP contribution is -2.34. The van der Waals surface area contributed by atoms with Gasteiger partial charge < -0.3 is 10.1 Å². The van der Waals surface area contributed by atoms with Crippen molar-refractivity contribution in [1.29, 1.82) is 0 Å². The molecule has 0 atom stereocenters. The van der Waals surface area contributed by atoms with Crippen molar-refractivity contribution in [1.82, 2.24) is 10.0 Å². The summed E-state index contributed by atoms with van der Waals surface area (Å²) >= 11 is 0. The molecule has 0 aliphatic rings. The summed E-state index contributed by atoms with van der Waals surface area (Å²) in [4.78, 5) is 10.8. The van der Waals surface area contributed by atoms with Crippen LogP contribution in [-0.4, -0.2) is 34.0 Å². The fourth-order valence-corrected chi connectivity index (χ4v) is 4.75. The van der Waals surface area contributed by atoms with Crippen LogP contribution in [0.1, 0.15) is 30.4 Å². The fraction of sp³-hybridized carbons (Fsp3) is 0.296. The molecule has 2 N–H and O–H groups in total. The van der Waals surface area contributed by atoms with E-state index in [1.54, 1.807) is 4.72 Å². The molecule has 36 heavy (non-hydrogen) atoms. The number of carbonyl (C=O) groups is 1. The highest BCUT2D eigenvalue weighted by Crippen LogP contribution is 2.18. The van der Waals surface area contributed by atoms with E-state index in [1.807, 2.05) is 42.5 Å². The molecule has 0 fully saturated rings. The van der Waals surface area contributed by atoms with E-state index in [1.165, 1.54) is 5.56 Å². The molecule has 9 heteroatoms. The molecular weight excluding hydrogens is 486 g/mol. The highest BCUT2D eigenvalue weighted by atomic mass is 32.2. The van der Waals surface area contributed by atoms with Gasteiger partial charge in [-0.1, -0.05) is 48.5 Å². The van der Waals surface area contributed by atoms with Crippen molar-refractivity contribution < 1.29 is 26.7 Å². The van der Waals surface area contributed by atoms with Crippen molar-refractivity contribution in [3.05, 3.63) is 95.6 Å². The van der Waals surface area contributed by atoms with E-state index in [-0.39, 0.29) is 13.0 Å². The van der Waals surface area contributed by atoms with Gasteiger partial charge in [-0.25, -0.2) is 21.9 Å². The second-order valence-corrected chi connectivity index (χ2v) is 9.88. The summed E-state index contributed by atoms with van der Waals surface area (Å²) in [5, 5.41) is 3.07. The number of aryl methyl sites for hydroxylation is 2. The van der Waals surface area contributed by atoms with Gasteiger partial charge >= 0.3 is 0 Å². The largest absolute Gasteiger partial charge is 0.494 e. The van der Waals surface area contributed by atoms with Crippen LogP contribution in [0.4, 0.5) is 8.78 Å². The van der Waals surface area contributed by atoms with Gasteiger partial charge in [0.1, 0.15) is 17.4 Å². The summed E-state index contributed by atoms with van der Waals surface area (Å²) < 4.78 is 59.1. The third kappa shape index (κ3) is 8.73. The highest BCUT2D eigenvalue weighted by Gasteiger charge is 2.25. The lowest BCUT2D eigenvalue weighted by atomic mass is 10.1. The molecule has 3 aromatic carbocycles. The maximum atomic E-state index is 13.7. The summed E-state index contributed by atoms with van der Waals surface area (Å²) in [6, 6.07) is 20.9. The molecule has 0 aliphatic heterocycles. The molecule has 0 bridgehead atoms. The Morgan fingerprint density at radius 1 is 0.778 bits per heavy atom. The summed E-state index contributed by atoms with van der Waals surface area (Å²) in [6.07, 6.45) is 3.42. The summed E-state index contributed by atoms with van der Waals surface area (Å²) in [5.74, 6) is -2.52. The molecule has 0 aromatic heterocycles. The first kappa shape index (κ1) is 27.3. The predicted octanol–water partition coefficient (Wildman–Crippen LogP) is 4.39. The predicted molar refractivity (Wildman–Crippen MR) is 134 cm³/mol. The molecule has 0 heterocycles. The second-order valence-electron chi connectivity index (χ2n) is 8.26. The van der Waals surface area contributed by atoms with Gasteiger partial charge in [-0.2, -0.15) is 0 Å². The molecule has 0 spiro atoms. The topological polar surface area (TPSA) is 84.5 Å². The Morgan fingerprint density at radius 2 is 1.42 bits per heavy atom. The Hall–Kier alpha value is -3.30. The van der Waals surface area contributed by atoms with E-state index < -0.39 is 32.5 Å². The number of nitrogens with one attached hydrogen (secondary N) is 2. The standard InChI is InChI=1S/C27H30F2N2O4S/c28-24-11-4-12-25(29)27(24)36(33,34)31-26(32)17-19-30-18-5-9-22-13-15-23(16-14-22)35-20-6-10-21-7-2-1-3-8-21/h1-4,7-8,11-16,30H,5-6,9-10,17-20H2,(H,31,32). The van der Waals surface area contributed by atoms with Crippen molar-refractivity contribution in [3.8, 4) is 5.75 Å². The lowest BCUT2D eigenvalue weighted by Gasteiger charge is -2.09. The van der Waals surface area contributed by atoms with E-state index >= 15 is 0 Å². The fourth-order valence-electron chi connectivity index (χ4n) is 3.60. The summed E-state index contributed by atoms with van der Waals surface area (Å²) in [6.45, 7) is 1.51. The van der Waals surface area contributed by atoms with Crippen molar-refractivity contribution >= 4 is 15.9 Å². The molecule has 1 amide bonds. The van der Waals surface area contributed by atoms with Crippen LogP contribution in [0.15, 0.2) is 77.7 Å². The molecule has 0 unspecified atom stereocenters. The Kier molecular flexibility index (Phi) is 10.4. The van der Waals surface area contributed by atoms with Crippen LogP contribution in [-0.2, 0) is 27.7 Å². The zero-order chi connectivity index (χ0) is 25.8. The first-order valence-corrected chi connectivity index (χ1v) is 13.3. The zero-order valence-electron chi connectivity index (χ0n) is 19.9. The van der Waals surface area contributed by atoms with E-state index in [2.05, 4.69) is 17.4 Å². The molecule has 0 aliphatic carbocycles. The van der Waals surface area contributed by atoms with E-state index in [4.69, 9.17) is 4.74 Å². The average Bonchev–Trinajstić information content (AvgIpc) is 2.85. The van der Waals surface area contributed by atoms with E-state index in [9.17, 15) is 22.0 Å². The Morgan fingerprint density at radius 3 is 2.11 bits per heavy atom. The minimum Gasteiger partial charge on any atom is -0.494 e. The number of amides is 1. The van der Waals surface area contributed by atoms with E-state index in [0.29, 0.717) is 13.2 Å². The number of halogens is 2. The normalized spacial score (nSPS) is 11.3. The van der Waals surface area contributed by atoms with Gasteiger partial charge in [0.2, 0.25) is 5.91 Å². The number of rotatable bonds is 14. The molecule has 3 aromatic rings. The van der Waals surface area contributed by atoms with Crippen LogP contribution in [0.5, 0.6) is 5.75 Å². The smallest absolute Gasteiger partial charge is 0.269 e. The number of hydrogen-bond acceptors (Lipinski definition) is 5. The zero-order valence-corrected chi connectivity index (χ0v) is 20.7. The third-order valence-corrected chi connectivity index (χ3v) is 6.85. The molecule has 192 valence electrons. The van der Waals surface area contributed by atoms with Crippen molar-refractivity contribution in [3.63, 3.8) is 0 Å². The molecule has 3 rings (SSSR count). The van der Waals surface area contributed by atoms with Gasteiger partial charge in [-0.05, 0) is 67.6 Å². The second kappa shape index (κ2) is 13.7. The van der Waals surface area contributed by atoms with E-state index in [0.717, 1.165) is 55.2 Å². The summed E-state index contributed by atoms with van der Waals surface area (Å²) in [7, 11) is -4.62. The Labute approximate surface area is 210 Å². The lowest BCUT2D eigenvalue weighted by molar-refractivity contribution is -0.119. The number of sulfonamides is 1. The molecule has 0 saturated carbocycles. The molecular formula is C27H30F2N2O4S. The number of hydrogen-bond donors (Lipinski definition) is 2. The van der Waals surface area contributed by atoms with Gasteiger partial charge in [0, 0.05) is 13.0 Å². The maximum Gasteiger partial charge on any atom is 0.269 e. The minimum atomic E-state index is -4.62. The number of carbonyl (C=O) groups excluding carboxylic acids is 1. The first-order valence-electron chi connectivity index (χ1n) is 11.8. The summed E-state index contributed by atoms with van der Waals surface area (Å²) in [5.41, 5.74) is 2.46. The monoisotopic (exact) mass is 516 g/mol. The van der Waals surface area contributed by atoms with Crippen LogP contribution in [0.3, 0.4) is 0 Å². The minimum absolute atomic E-state index is 0.147.